The molecule has 1 aromatic rings. The lowest BCUT2D eigenvalue weighted by molar-refractivity contribution is -0.0327. The van der Waals surface area contributed by atoms with Gasteiger partial charge < -0.3 is 11.1 Å². The Kier molecular flexibility index (Phi) is 4.62. The van der Waals surface area contributed by atoms with Crippen molar-refractivity contribution in [1.82, 2.24) is 4.98 Å². The number of nitrogens with one attached hydrogen (secondary N) is 1. The molecule has 0 aliphatic heterocycles. The second-order valence-electron chi connectivity index (χ2n) is 2.98. The van der Waals surface area contributed by atoms with Crippen LogP contribution >= 0.6 is 11.8 Å². The van der Waals surface area contributed by atoms with Gasteiger partial charge in [-0.3, -0.25) is 4.79 Å². The molecule has 0 radical (unpaired) electrons. The highest BCUT2D eigenvalue weighted by Crippen LogP contribution is 2.29. The first kappa shape index (κ1) is 13.6. The van der Waals surface area contributed by atoms with Crippen molar-refractivity contribution in [2.24, 2.45) is 5.73 Å². The molecular formula is C9H10F3N3OS. The fraction of sp³-hybridized carbons (Fsp3) is 0.333. The number of amides is 1. The number of hydrogen-bond acceptors (Lipinski definition) is 4. The van der Waals surface area contributed by atoms with Gasteiger partial charge in [0.25, 0.3) is 5.91 Å². The number of carbonyl (C=O) groups is 1. The summed E-state index contributed by atoms with van der Waals surface area (Å²) in [4.78, 5) is 14.8. The molecule has 1 amide bonds. The second kappa shape index (κ2) is 5.76. The van der Waals surface area contributed by atoms with Crippen molar-refractivity contribution < 1.29 is 18.0 Å². The summed E-state index contributed by atoms with van der Waals surface area (Å²) in [5.74, 6) is -0.648. The Morgan fingerprint density at radius 3 is 2.82 bits per heavy atom. The van der Waals surface area contributed by atoms with Crippen molar-refractivity contribution >= 4 is 23.5 Å². The number of hydrogen-bond donors (Lipinski definition) is 2. The molecule has 0 aromatic carbocycles. The number of pyridine rings is 1. The Morgan fingerprint density at radius 1 is 1.53 bits per heavy atom. The fourth-order valence-electron chi connectivity index (χ4n) is 1.08. The molecule has 1 heterocycles. The van der Waals surface area contributed by atoms with E-state index in [4.69, 9.17) is 5.73 Å². The van der Waals surface area contributed by atoms with Gasteiger partial charge in [-0.05, 0) is 23.9 Å². The monoisotopic (exact) mass is 265 g/mol. The zero-order valence-electron chi connectivity index (χ0n) is 8.62. The first-order chi connectivity index (χ1) is 7.90. The molecule has 0 atom stereocenters. The molecule has 0 bridgehead atoms. The Balaban J connectivity index is 2.49. The van der Waals surface area contributed by atoms with Gasteiger partial charge in [-0.25, -0.2) is 4.98 Å². The van der Waals surface area contributed by atoms with Crippen molar-refractivity contribution in [1.29, 1.82) is 0 Å². The van der Waals surface area contributed by atoms with Gasteiger partial charge >= 0.3 is 5.51 Å². The predicted molar refractivity (Wildman–Crippen MR) is 59.8 cm³/mol. The van der Waals surface area contributed by atoms with Gasteiger partial charge in [0, 0.05) is 18.5 Å². The molecule has 17 heavy (non-hydrogen) atoms. The number of nitrogens with two attached hydrogens (primary N) is 1. The molecule has 4 nitrogen and oxygen atoms in total. The third kappa shape index (κ3) is 4.94. The summed E-state index contributed by atoms with van der Waals surface area (Å²) < 4.78 is 35.5. The Hall–Kier alpha value is -1.44. The minimum Gasteiger partial charge on any atom is -0.369 e. The van der Waals surface area contributed by atoms with Crippen molar-refractivity contribution in [3.63, 3.8) is 0 Å². The lowest BCUT2D eigenvalue weighted by atomic mass is 10.2. The highest BCUT2D eigenvalue weighted by molar-refractivity contribution is 8.00. The molecule has 0 aliphatic rings. The third-order valence-corrected chi connectivity index (χ3v) is 2.47. The summed E-state index contributed by atoms with van der Waals surface area (Å²) in [6.45, 7) is 0.0431. The van der Waals surface area contributed by atoms with Gasteiger partial charge in [-0.15, -0.1) is 0 Å². The van der Waals surface area contributed by atoms with Gasteiger partial charge in [0.1, 0.15) is 5.82 Å². The van der Waals surface area contributed by atoms with Crippen LogP contribution in [-0.2, 0) is 0 Å². The van der Waals surface area contributed by atoms with Crippen molar-refractivity contribution in [3.05, 3.63) is 23.9 Å². The zero-order chi connectivity index (χ0) is 12.9. The molecule has 0 unspecified atom stereocenters. The molecular weight excluding hydrogens is 255 g/mol. The van der Waals surface area contributed by atoms with Crippen molar-refractivity contribution in [2.75, 3.05) is 17.6 Å². The Labute approximate surface area is 99.8 Å². The van der Waals surface area contributed by atoms with E-state index in [0.29, 0.717) is 0 Å². The van der Waals surface area contributed by atoms with Crippen molar-refractivity contribution in [3.8, 4) is 0 Å². The van der Waals surface area contributed by atoms with Crippen LogP contribution < -0.4 is 11.1 Å². The maximum atomic E-state index is 11.8. The molecule has 8 heteroatoms. The quantitative estimate of drug-likeness (QED) is 0.797. The summed E-state index contributed by atoms with van der Waals surface area (Å²) in [6, 6.07) is 2.98. The zero-order valence-corrected chi connectivity index (χ0v) is 9.44. The second-order valence-corrected chi connectivity index (χ2v) is 4.14. The first-order valence-corrected chi connectivity index (χ1v) is 5.58. The van der Waals surface area contributed by atoms with Gasteiger partial charge in [-0.2, -0.15) is 13.2 Å². The van der Waals surface area contributed by atoms with E-state index in [9.17, 15) is 18.0 Å². The standard InChI is InChI=1S/C9H10F3N3OS/c10-9(11,12)17-5-4-15-8-6(7(13)16)2-1-3-14-8/h1-3H,4-5H2,(H2,13,16)(H,14,15). The van der Waals surface area contributed by atoms with Crippen LogP contribution in [0.3, 0.4) is 0 Å². The smallest absolute Gasteiger partial charge is 0.369 e. The summed E-state index contributed by atoms with van der Waals surface area (Å²) >= 11 is -0.139. The summed E-state index contributed by atoms with van der Waals surface area (Å²) in [5.41, 5.74) is 0.989. The average Bonchev–Trinajstić information content (AvgIpc) is 2.23. The van der Waals surface area contributed by atoms with Crippen LogP contribution in [0.25, 0.3) is 0 Å². The highest BCUT2D eigenvalue weighted by atomic mass is 32.2. The number of primary amides is 1. The van der Waals surface area contributed by atoms with E-state index in [1.54, 1.807) is 0 Å². The molecule has 0 saturated carbocycles. The maximum Gasteiger partial charge on any atom is 0.441 e. The number of rotatable bonds is 5. The Morgan fingerprint density at radius 2 is 2.24 bits per heavy atom. The number of alkyl halides is 3. The van der Waals surface area contributed by atoms with E-state index in [1.165, 1.54) is 18.3 Å². The van der Waals surface area contributed by atoms with Crippen LogP contribution in [-0.4, -0.2) is 28.7 Å². The van der Waals surface area contributed by atoms with Crippen LogP contribution in [0.5, 0.6) is 0 Å². The van der Waals surface area contributed by atoms with E-state index in [-0.39, 0.29) is 35.4 Å². The molecule has 3 N–H and O–H groups in total. The molecule has 0 fully saturated rings. The summed E-state index contributed by atoms with van der Waals surface area (Å²) in [5, 5.41) is 2.63. The van der Waals surface area contributed by atoms with E-state index in [2.05, 4.69) is 10.3 Å². The van der Waals surface area contributed by atoms with Gasteiger partial charge in [0.05, 0.1) is 5.56 Å². The summed E-state index contributed by atoms with van der Waals surface area (Å²) in [7, 11) is 0. The minimum atomic E-state index is -4.25. The molecule has 94 valence electrons. The molecule has 1 aromatic heterocycles. The van der Waals surface area contributed by atoms with Gasteiger partial charge in [0.15, 0.2) is 0 Å². The number of aromatic nitrogens is 1. The maximum absolute atomic E-state index is 11.8. The van der Waals surface area contributed by atoms with Crippen LogP contribution in [0.1, 0.15) is 10.4 Å². The third-order valence-electron chi connectivity index (χ3n) is 1.73. The SMILES string of the molecule is NC(=O)c1cccnc1NCCSC(F)(F)F. The molecule has 0 aliphatic carbocycles. The first-order valence-electron chi connectivity index (χ1n) is 4.59. The van der Waals surface area contributed by atoms with Crippen LogP contribution in [0, 0.1) is 0 Å². The van der Waals surface area contributed by atoms with Crippen LogP contribution in [0.2, 0.25) is 0 Å². The van der Waals surface area contributed by atoms with Crippen molar-refractivity contribution in [2.45, 2.75) is 5.51 Å². The number of thioether (sulfide) groups is 1. The number of nitrogens with zero attached hydrogens (tertiary/aromatic N) is 1. The van der Waals surface area contributed by atoms with Gasteiger partial charge in [-0.1, -0.05) is 0 Å². The fourth-order valence-corrected chi connectivity index (χ4v) is 1.52. The van der Waals surface area contributed by atoms with Crippen LogP contribution in [0.15, 0.2) is 18.3 Å². The van der Waals surface area contributed by atoms with Crippen LogP contribution in [0.4, 0.5) is 19.0 Å². The molecule has 1 rings (SSSR count). The van der Waals surface area contributed by atoms with E-state index in [0.717, 1.165) is 0 Å². The van der Waals surface area contributed by atoms with E-state index in [1.807, 2.05) is 0 Å². The molecule has 0 saturated heterocycles. The number of anilines is 1. The van der Waals surface area contributed by atoms with E-state index >= 15 is 0 Å². The lowest BCUT2D eigenvalue weighted by Gasteiger charge is -2.09. The average molecular weight is 265 g/mol. The minimum absolute atomic E-state index is 0.0431. The number of carbonyl (C=O) groups excluding carboxylic acids is 1. The predicted octanol–water partition coefficient (Wildman–Crippen LogP) is 1.85. The molecule has 0 spiro atoms. The highest BCUT2D eigenvalue weighted by Gasteiger charge is 2.27. The largest absolute Gasteiger partial charge is 0.441 e. The summed E-state index contributed by atoms with van der Waals surface area (Å²) in [6.07, 6.45) is 1.42. The normalized spacial score (nSPS) is 11.2. The number of halogens is 3. The van der Waals surface area contributed by atoms with Gasteiger partial charge in [0.2, 0.25) is 0 Å². The van der Waals surface area contributed by atoms with E-state index < -0.39 is 11.4 Å². The lowest BCUT2D eigenvalue weighted by Crippen LogP contribution is -2.17. The topological polar surface area (TPSA) is 68.0 Å². The Bertz CT molecular complexity index is 397.